The van der Waals surface area contributed by atoms with Gasteiger partial charge in [0.1, 0.15) is 6.61 Å². The zero-order valence-electron chi connectivity index (χ0n) is 10.7. The summed E-state index contributed by atoms with van der Waals surface area (Å²) < 4.78 is 5.22. The molecule has 5 heteroatoms. The average Bonchev–Trinajstić information content (AvgIpc) is 2.46. The molecule has 104 valence electrons. The molecule has 0 aromatic heterocycles. The molecular weight excluding hydrogens is 246 g/mol. The van der Waals surface area contributed by atoms with Crippen LogP contribution in [0.1, 0.15) is 12.0 Å². The molecule has 1 amide bonds. The molecule has 0 bridgehead atoms. The Hall–Kier alpha value is -1.59. The van der Waals surface area contributed by atoms with Crippen LogP contribution in [-0.4, -0.2) is 47.0 Å². The molecule has 1 saturated heterocycles. The molecular formula is C14H19NO4. The second-order valence-electron chi connectivity index (χ2n) is 4.78. The summed E-state index contributed by atoms with van der Waals surface area (Å²) in [5, 5.41) is 18.8. The maximum atomic E-state index is 11.9. The number of benzene rings is 1. The number of rotatable bonds is 3. The number of aliphatic hydroxyl groups excluding tert-OH is 2. The molecule has 2 rings (SSSR count). The molecule has 5 nitrogen and oxygen atoms in total. The predicted octanol–water partition coefficient (Wildman–Crippen LogP) is 0.998. The SMILES string of the molecule is O=C(OCc1ccccc1)N1CC[C@@H](O)[C@H](CO)C1. The van der Waals surface area contributed by atoms with Gasteiger partial charge in [0.05, 0.1) is 12.7 Å². The lowest BCUT2D eigenvalue weighted by atomic mass is 9.96. The largest absolute Gasteiger partial charge is 0.445 e. The molecule has 2 N–H and O–H groups in total. The number of hydrogen-bond acceptors (Lipinski definition) is 4. The van der Waals surface area contributed by atoms with Crippen LogP contribution in [0.3, 0.4) is 0 Å². The summed E-state index contributed by atoms with van der Waals surface area (Å²) in [6.45, 7) is 0.919. The van der Waals surface area contributed by atoms with Crippen molar-refractivity contribution in [3.63, 3.8) is 0 Å². The summed E-state index contributed by atoms with van der Waals surface area (Å²) in [7, 11) is 0. The third-order valence-corrected chi connectivity index (χ3v) is 3.39. The lowest BCUT2D eigenvalue weighted by Gasteiger charge is -2.34. The summed E-state index contributed by atoms with van der Waals surface area (Å²) in [5.74, 6) is -0.280. The van der Waals surface area contributed by atoms with Gasteiger partial charge in [0.15, 0.2) is 0 Å². The molecule has 1 aromatic rings. The van der Waals surface area contributed by atoms with Crippen LogP contribution < -0.4 is 0 Å². The number of carbonyl (C=O) groups excluding carboxylic acids is 1. The molecule has 0 unspecified atom stereocenters. The van der Waals surface area contributed by atoms with Crippen molar-refractivity contribution in [3.8, 4) is 0 Å². The van der Waals surface area contributed by atoms with Crippen LogP contribution in [0, 0.1) is 5.92 Å². The van der Waals surface area contributed by atoms with Crippen molar-refractivity contribution in [1.82, 2.24) is 4.90 Å². The van der Waals surface area contributed by atoms with E-state index in [-0.39, 0.29) is 19.1 Å². The standard InChI is InChI=1S/C14H19NO4/c16-9-12-8-15(7-6-13(12)17)14(18)19-10-11-4-2-1-3-5-11/h1-5,12-13,16-17H,6-10H2/t12-,13+/m0/s1. The zero-order chi connectivity index (χ0) is 13.7. The van der Waals surface area contributed by atoms with Crippen LogP contribution in [0.4, 0.5) is 4.79 Å². The van der Waals surface area contributed by atoms with Crippen LogP contribution in [0.25, 0.3) is 0 Å². The van der Waals surface area contributed by atoms with E-state index in [1.165, 1.54) is 4.90 Å². The summed E-state index contributed by atoms with van der Waals surface area (Å²) >= 11 is 0. The van der Waals surface area contributed by atoms with E-state index in [9.17, 15) is 9.90 Å². The third kappa shape index (κ3) is 3.68. The highest BCUT2D eigenvalue weighted by Gasteiger charge is 2.30. The third-order valence-electron chi connectivity index (χ3n) is 3.39. The van der Waals surface area contributed by atoms with Crippen LogP contribution in [0.5, 0.6) is 0 Å². The Labute approximate surface area is 112 Å². The second-order valence-corrected chi connectivity index (χ2v) is 4.78. The van der Waals surface area contributed by atoms with Gasteiger partial charge < -0.3 is 19.8 Å². The van der Waals surface area contributed by atoms with Gasteiger partial charge in [-0.1, -0.05) is 30.3 Å². The maximum absolute atomic E-state index is 11.9. The van der Waals surface area contributed by atoms with E-state index in [1.807, 2.05) is 30.3 Å². The van der Waals surface area contributed by atoms with Gasteiger partial charge in [-0.15, -0.1) is 0 Å². The Kier molecular flexibility index (Phi) is 4.76. The first kappa shape index (κ1) is 13.8. The highest BCUT2D eigenvalue weighted by Crippen LogP contribution is 2.17. The summed E-state index contributed by atoms with van der Waals surface area (Å²) in [4.78, 5) is 13.4. The Morgan fingerprint density at radius 2 is 2.11 bits per heavy atom. The van der Waals surface area contributed by atoms with Gasteiger partial charge in [0, 0.05) is 19.0 Å². The van der Waals surface area contributed by atoms with E-state index in [4.69, 9.17) is 9.84 Å². The van der Waals surface area contributed by atoms with Gasteiger partial charge in [-0.3, -0.25) is 0 Å². The van der Waals surface area contributed by atoms with Crippen molar-refractivity contribution in [2.45, 2.75) is 19.1 Å². The van der Waals surface area contributed by atoms with Crippen LogP contribution in [0.2, 0.25) is 0 Å². The monoisotopic (exact) mass is 265 g/mol. The van der Waals surface area contributed by atoms with Gasteiger partial charge in [-0.05, 0) is 12.0 Å². The Morgan fingerprint density at radius 1 is 1.37 bits per heavy atom. The van der Waals surface area contributed by atoms with Crippen LogP contribution in [-0.2, 0) is 11.3 Å². The highest BCUT2D eigenvalue weighted by molar-refractivity contribution is 5.67. The van der Waals surface area contributed by atoms with E-state index >= 15 is 0 Å². The minimum absolute atomic E-state index is 0.121. The smallest absolute Gasteiger partial charge is 0.410 e. The number of hydrogen-bond donors (Lipinski definition) is 2. The topological polar surface area (TPSA) is 70.0 Å². The minimum atomic E-state index is -0.539. The summed E-state index contributed by atoms with van der Waals surface area (Å²) in [5.41, 5.74) is 0.937. The molecule has 1 fully saturated rings. The summed E-state index contributed by atoms with van der Waals surface area (Å²) in [6.07, 6.45) is -0.455. The van der Waals surface area contributed by atoms with Gasteiger partial charge in [-0.25, -0.2) is 4.79 Å². The Balaban J connectivity index is 1.83. The number of amides is 1. The molecule has 1 aliphatic heterocycles. The lowest BCUT2D eigenvalue weighted by Crippen LogP contribution is -2.47. The molecule has 0 spiro atoms. The van der Waals surface area contributed by atoms with Gasteiger partial charge in [0.25, 0.3) is 0 Å². The number of aliphatic hydroxyl groups is 2. The number of ether oxygens (including phenoxy) is 1. The second kappa shape index (κ2) is 6.54. The zero-order valence-corrected chi connectivity index (χ0v) is 10.7. The Bertz CT molecular complexity index is 409. The molecule has 0 radical (unpaired) electrons. The molecule has 19 heavy (non-hydrogen) atoms. The molecule has 0 aliphatic carbocycles. The van der Waals surface area contributed by atoms with Crippen molar-refractivity contribution in [3.05, 3.63) is 35.9 Å². The first-order valence-corrected chi connectivity index (χ1v) is 6.45. The van der Waals surface area contributed by atoms with Crippen molar-refractivity contribution in [2.75, 3.05) is 19.7 Å². The van der Waals surface area contributed by atoms with E-state index in [0.717, 1.165) is 5.56 Å². The number of likely N-dealkylation sites (tertiary alicyclic amines) is 1. The fourth-order valence-electron chi connectivity index (χ4n) is 2.18. The van der Waals surface area contributed by atoms with Crippen molar-refractivity contribution >= 4 is 6.09 Å². The quantitative estimate of drug-likeness (QED) is 0.855. The minimum Gasteiger partial charge on any atom is -0.445 e. The normalized spacial score (nSPS) is 23.2. The predicted molar refractivity (Wildman–Crippen MR) is 69.4 cm³/mol. The van der Waals surface area contributed by atoms with Gasteiger partial charge in [0.2, 0.25) is 0 Å². The van der Waals surface area contributed by atoms with E-state index < -0.39 is 12.2 Å². The van der Waals surface area contributed by atoms with Gasteiger partial charge >= 0.3 is 6.09 Å². The number of nitrogens with zero attached hydrogens (tertiary/aromatic N) is 1. The van der Waals surface area contributed by atoms with E-state index in [2.05, 4.69) is 0 Å². The van der Waals surface area contributed by atoms with Crippen molar-refractivity contribution in [1.29, 1.82) is 0 Å². The number of carbonyl (C=O) groups is 1. The first-order valence-electron chi connectivity index (χ1n) is 6.45. The summed E-state index contributed by atoms with van der Waals surface area (Å²) in [6, 6.07) is 9.47. The van der Waals surface area contributed by atoms with Gasteiger partial charge in [-0.2, -0.15) is 0 Å². The average molecular weight is 265 g/mol. The lowest BCUT2D eigenvalue weighted by molar-refractivity contribution is -0.00221. The Morgan fingerprint density at radius 3 is 2.79 bits per heavy atom. The molecule has 1 aromatic carbocycles. The van der Waals surface area contributed by atoms with Crippen LogP contribution in [0.15, 0.2) is 30.3 Å². The highest BCUT2D eigenvalue weighted by atomic mass is 16.6. The number of piperidine rings is 1. The fourth-order valence-corrected chi connectivity index (χ4v) is 2.18. The van der Waals surface area contributed by atoms with E-state index in [0.29, 0.717) is 19.5 Å². The molecule has 2 atom stereocenters. The maximum Gasteiger partial charge on any atom is 0.410 e. The van der Waals surface area contributed by atoms with Crippen molar-refractivity contribution < 1.29 is 19.7 Å². The van der Waals surface area contributed by atoms with E-state index in [1.54, 1.807) is 0 Å². The van der Waals surface area contributed by atoms with Crippen LogP contribution >= 0.6 is 0 Å². The molecule has 1 heterocycles. The first-order chi connectivity index (χ1) is 9.20. The molecule has 0 saturated carbocycles. The fraction of sp³-hybridized carbons (Fsp3) is 0.500. The molecule has 1 aliphatic rings. The van der Waals surface area contributed by atoms with Crippen molar-refractivity contribution in [2.24, 2.45) is 5.92 Å².